The van der Waals surface area contributed by atoms with Crippen molar-refractivity contribution in [2.75, 3.05) is 13.7 Å². The van der Waals surface area contributed by atoms with Crippen molar-refractivity contribution in [2.24, 2.45) is 0 Å². The highest BCUT2D eigenvalue weighted by Crippen LogP contribution is 2.21. The maximum Gasteiger partial charge on any atom is 0.242 e. The molecular weight excluding hydrogens is 402 g/mol. The molecule has 3 rings (SSSR count). The molecule has 0 fully saturated rings. The standard InChI is InChI=1S/C19H20ClN3O4S/c1-3-26-17-10-6-15(7-11-17)19-21-18(27-22-19)12-23(2)28(24,25)13-14-4-8-16(20)9-5-14/h4-11H,3,12-13H2,1-2H3. The third-order valence-corrected chi connectivity index (χ3v) is 6.02. The van der Waals surface area contributed by atoms with E-state index in [2.05, 4.69) is 10.1 Å². The smallest absolute Gasteiger partial charge is 0.242 e. The van der Waals surface area contributed by atoms with Crippen LogP contribution in [0, 0.1) is 0 Å². The third kappa shape index (κ3) is 5.09. The largest absolute Gasteiger partial charge is 0.494 e. The first kappa shape index (κ1) is 20.3. The summed E-state index contributed by atoms with van der Waals surface area (Å²) in [6.45, 7) is 2.49. The van der Waals surface area contributed by atoms with Gasteiger partial charge < -0.3 is 9.26 Å². The van der Waals surface area contributed by atoms with Gasteiger partial charge in [0.05, 0.1) is 18.9 Å². The molecular formula is C19H20ClN3O4S. The van der Waals surface area contributed by atoms with Crippen molar-refractivity contribution in [3.8, 4) is 17.1 Å². The van der Waals surface area contributed by atoms with Gasteiger partial charge in [0.1, 0.15) is 5.75 Å². The van der Waals surface area contributed by atoms with Gasteiger partial charge in [-0.25, -0.2) is 8.42 Å². The topological polar surface area (TPSA) is 85.5 Å². The minimum absolute atomic E-state index is 0.0139. The van der Waals surface area contributed by atoms with E-state index in [-0.39, 0.29) is 18.2 Å². The molecule has 148 valence electrons. The summed E-state index contributed by atoms with van der Waals surface area (Å²) in [4.78, 5) is 4.29. The second kappa shape index (κ2) is 8.72. The zero-order valence-corrected chi connectivity index (χ0v) is 17.1. The maximum atomic E-state index is 12.6. The lowest BCUT2D eigenvalue weighted by molar-refractivity contribution is 0.336. The second-order valence-electron chi connectivity index (χ2n) is 6.11. The fourth-order valence-corrected chi connectivity index (χ4v) is 3.76. The van der Waals surface area contributed by atoms with Gasteiger partial charge in [-0.05, 0) is 48.9 Å². The molecule has 0 aliphatic heterocycles. The molecule has 0 radical (unpaired) electrons. The summed E-state index contributed by atoms with van der Waals surface area (Å²) in [7, 11) is -2.07. The van der Waals surface area contributed by atoms with Crippen molar-refractivity contribution in [1.29, 1.82) is 0 Å². The number of nitrogens with zero attached hydrogens (tertiary/aromatic N) is 3. The van der Waals surface area contributed by atoms with Crippen molar-refractivity contribution in [2.45, 2.75) is 19.2 Å². The Labute approximate surface area is 168 Å². The maximum absolute atomic E-state index is 12.6. The van der Waals surface area contributed by atoms with Crippen molar-refractivity contribution in [1.82, 2.24) is 14.4 Å². The van der Waals surface area contributed by atoms with Gasteiger partial charge in [-0.1, -0.05) is 28.9 Å². The van der Waals surface area contributed by atoms with E-state index < -0.39 is 10.0 Å². The molecule has 0 spiro atoms. The Morgan fingerprint density at radius 2 is 1.79 bits per heavy atom. The quantitative estimate of drug-likeness (QED) is 0.550. The second-order valence-corrected chi connectivity index (χ2v) is 8.62. The van der Waals surface area contributed by atoms with Crippen LogP contribution in [0.3, 0.4) is 0 Å². The monoisotopic (exact) mass is 421 g/mol. The van der Waals surface area contributed by atoms with E-state index in [1.54, 1.807) is 24.3 Å². The summed E-state index contributed by atoms with van der Waals surface area (Å²) in [5, 5.41) is 4.49. The van der Waals surface area contributed by atoms with E-state index in [0.717, 1.165) is 11.3 Å². The number of ether oxygens (including phenoxy) is 1. The molecule has 2 aromatic carbocycles. The van der Waals surface area contributed by atoms with Crippen molar-refractivity contribution >= 4 is 21.6 Å². The van der Waals surface area contributed by atoms with E-state index in [1.807, 2.05) is 31.2 Å². The first-order valence-corrected chi connectivity index (χ1v) is 10.6. The Bertz CT molecular complexity index is 1020. The average Bonchev–Trinajstić information content (AvgIpc) is 3.13. The predicted octanol–water partition coefficient (Wildman–Crippen LogP) is 3.75. The van der Waals surface area contributed by atoms with Crippen molar-refractivity contribution in [3.05, 3.63) is 65.0 Å². The number of hydrogen-bond acceptors (Lipinski definition) is 6. The zero-order valence-electron chi connectivity index (χ0n) is 15.5. The molecule has 1 heterocycles. The van der Waals surface area contributed by atoms with Gasteiger partial charge in [0, 0.05) is 17.6 Å². The number of halogens is 1. The van der Waals surface area contributed by atoms with E-state index in [0.29, 0.717) is 23.0 Å². The number of benzene rings is 2. The minimum atomic E-state index is -3.55. The fourth-order valence-electron chi connectivity index (χ4n) is 2.49. The number of hydrogen-bond donors (Lipinski definition) is 0. The SMILES string of the molecule is CCOc1ccc(-c2noc(CN(C)S(=O)(=O)Cc3ccc(Cl)cc3)n2)cc1. The Balaban J connectivity index is 1.67. The summed E-state index contributed by atoms with van der Waals surface area (Å²) in [6.07, 6.45) is 0. The molecule has 0 unspecified atom stereocenters. The molecule has 28 heavy (non-hydrogen) atoms. The fraction of sp³-hybridized carbons (Fsp3) is 0.263. The first-order chi connectivity index (χ1) is 13.4. The molecule has 0 amide bonds. The number of sulfonamides is 1. The highest BCUT2D eigenvalue weighted by molar-refractivity contribution is 7.88. The van der Waals surface area contributed by atoms with Crippen LogP contribution in [-0.2, 0) is 22.3 Å². The van der Waals surface area contributed by atoms with Crippen LogP contribution in [0.4, 0.5) is 0 Å². The number of rotatable bonds is 8. The van der Waals surface area contributed by atoms with Gasteiger partial charge in [-0.15, -0.1) is 0 Å². The van der Waals surface area contributed by atoms with Crippen LogP contribution >= 0.6 is 11.6 Å². The van der Waals surface area contributed by atoms with Gasteiger partial charge in [-0.3, -0.25) is 0 Å². The predicted molar refractivity (Wildman–Crippen MR) is 106 cm³/mol. The van der Waals surface area contributed by atoms with Gasteiger partial charge in [-0.2, -0.15) is 9.29 Å². The van der Waals surface area contributed by atoms with E-state index >= 15 is 0 Å². The summed E-state index contributed by atoms with van der Waals surface area (Å²) in [6, 6.07) is 14.0. The summed E-state index contributed by atoms with van der Waals surface area (Å²) in [5.41, 5.74) is 1.40. The molecule has 0 aliphatic rings. The molecule has 3 aromatic rings. The molecule has 0 saturated heterocycles. The van der Waals surface area contributed by atoms with Crippen LogP contribution in [0.1, 0.15) is 18.4 Å². The van der Waals surface area contributed by atoms with Gasteiger partial charge in [0.2, 0.25) is 21.7 Å². The molecule has 0 bridgehead atoms. The Morgan fingerprint density at radius 1 is 1.11 bits per heavy atom. The molecule has 7 nitrogen and oxygen atoms in total. The van der Waals surface area contributed by atoms with Crippen LogP contribution in [0.5, 0.6) is 5.75 Å². The van der Waals surface area contributed by atoms with Crippen LogP contribution in [0.2, 0.25) is 5.02 Å². The minimum Gasteiger partial charge on any atom is -0.494 e. The third-order valence-electron chi connectivity index (χ3n) is 3.99. The lowest BCUT2D eigenvalue weighted by Crippen LogP contribution is -2.27. The van der Waals surface area contributed by atoms with E-state index in [4.69, 9.17) is 20.9 Å². The molecule has 0 atom stereocenters. The Morgan fingerprint density at radius 3 is 2.43 bits per heavy atom. The van der Waals surface area contributed by atoms with Gasteiger partial charge >= 0.3 is 0 Å². The summed E-state index contributed by atoms with van der Waals surface area (Å²) in [5.74, 6) is 1.22. The number of aromatic nitrogens is 2. The molecule has 1 aromatic heterocycles. The average molecular weight is 422 g/mol. The molecule has 0 N–H and O–H groups in total. The molecule has 0 aliphatic carbocycles. The molecule has 9 heteroatoms. The van der Waals surface area contributed by atoms with Crippen LogP contribution in [-0.4, -0.2) is 36.5 Å². The lowest BCUT2D eigenvalue weighted by Gasteiger charge is -2.15. The van der Waals surface area contributed by atoms with Crippen LogP contribution in [0.25, 0.3) is 11.4 Å². The highest BCUT2D eigenvalue weighted by atomic mass is 35.5. The summed E-state index contributed by atoms with van der Waals surface area (Å²) < 4.78 is 36.9. The van der Waals surface area contributed by atoms with Crippen LogP contribution < -0.4 is 4.74 Å². The molecule has 0 saturated carbocycles. The van der Waals surface area contributed by atoms with E-state index in [1.165, 1.54) is 11.4 Å². The normalized spacial score (nSPS) is 11.7. The van der Waals surface area contributed by atoms with Gasteiger partial charge in [0.25, 0.3) is 0 Å². The van der Waals surface area contributed by atoms with Crippen LogP contribution in [0.15, 0.2) is 53.1 Å². The lowest BCUT2D eigenvalue weighted by atomic mass is 10.2. The Kier molecular flexibility index (Phi) is 6.33. The van der Waals surface area contributed by atoms with E-state index in [9.17, 15) is 8.42 Å². The van der Waals surface area contributed by atoms with Crippen molar-refractivity contribution < 1.29 is 17.7 Å². The first-order valence-electron chi connectivity index (χ1n) is 8.61. The van der Waals surface area contributed by atoms with Gasteiger partial charge in [0.15, 0.2) is 0 Å². The zero-order chi connectivity index (χ0) is 20.1. The van der Waals surface area contributed by atoms with Crippen molar-refractivity contribution in [3.63, 3.8) is 0 Å². The Hall–Kier alpha value is -2.42. The highest BCUT2D eigenvalue weighted by Gasteiger charge is 2.21. The summed E-state index contributed by atoms with van der Waals surface area (Å²) >= 11 is 5.84.